The number of hydrogen-bond acceptors (Lipinski definition) is 7. The highest BCUT2D eigenvalue weighted by Gasteiger charge is 2.15. The standard InChI is InChI=1S/C31H23Cl2N3O6/c1-19-3-2-4-22(15-19)29(38)34-18-28(37)36-35-17-23-9-14-26(41-30(39)20-5-10-24(32)11-6-20)16-27(23)42-31(40)21-7-12-25(33)13-8-21/h2-17H,18H2,1H3,(H,34,38)(H,36,37)/b35-17+. The molecule has 0 fully saturated rings. The molecule has 0 aliphatic carbocycles. The molecule has 11 heteroatoms. The summed E-state index contributed by atoms with van der Waals surface area (Å²) in [7, 11) is 0. The molecule has 0 heterocycles. The number of halogens is 2. The lowest BCUT2D eigenvalue weighted by Crippen LogP contribution is -2.34. The van der Waals surface area contributed by atoms with E-state index in [1.54, 1.807) is 30.3 Å². The Bertz CT molecular complexity index is 1650. The highest BCUT2D eigenvalue weighted by Crippen LogP contribution is 2.26. The minimum absolute atomic E-state index is 0.00195. The van der Waals surface area contributed by atoms with Crippen molar-refractivity contribution in [2.45, 2.75) is 6.92 Å². The molecule has 0 aromatic heterocycles. The quantitative estimate of drug-likeness (QED) is 0.111. The zero-order valence-corrected chi connectivity index (χ0v) is 23.6. The Labute approximate surface area is 251 Å². The van der Waals surface area contributed by atoms with Crippen LogP contribution in [-0.4, -0.2) is 36.5 Å². The van der Waals surface area contributed by atoms with Crippen molar-refractivity contribution in [3.63, 3.8) is 0 Å². The SMILES string of the molecule is Cc1cccc(C(=O)NCC(=O)N/N=C/c2ccc(OC(=O)c3ccc(Cl)cc3)cc2OC(=O)c2ccc(Cl)cc2)c1. The van der Waals surface area contributed by atoms with Crippen molar-refractivity contribution in [1.82, 2.24) is 10.7 Å². The van der Waals surface area contributed by atoms with Gasteiger partial charge in [0.2, 0.25) is 0 Å². The topological polar surface area (TPSA) is 123 Å². The summed E-state index contributed by atoms with van der Waals surface area (Å²) in [6.45, 7) is 1.54. The molecule has 0 bridgehead atoms. The van der Waals surface area contributed by atoms with Gasteiger partial charge in [0, 0.05) is 27.2 Å². The van der Waals surface area contributed by atoms with Gasteiger partial charge in [0.15, 0.2) is 0 Å². The zero-order chi connectivity index (χ0) is 30.1. The van der Waals surface area contributed by atoms with E-state index >= 15 is 0 Å². The molecular weight excluding hydrogens is 581 g/mol. The Morgan fingerprint density at radius 2 is 1.38 bits per heavy atom. The number of ether oxygens (including phenoxy) is 2. The summed E-state index contributed by atoms with van der Waals surface area (Å²) in [5, 5.41) is 7.33. The first-order chi connectivity index (χ1) is 20.2. The average Bonchev–Trinajstić information content (AvgIpc) is 2.97. The molecule has 0 unspecified atom stereocenters. The number of carbonyl (C=O) groups excluding carboxylic acids is 4. The van der Waals surface area contributed by atoms with Gasteiger partial charge in [-0.05, 0) is 79.7 Å². The van der Waals surface area contributed by atoms with Gasteiger partial charge in [-0.3, -0.25) is 9.59 Å². The maximum absolute atomic E-state index is 12.8. The third kappa shape index (κ3) is 8.50. The van der Waals surface area contributed by atoms with E-state index in [1.165, 1.54) is 60.8 Å². The number of aryl methyl sites for hydroxylation is 1. The third-order valence-electron chi connectivity index (χ3n) is 5.64. The number of hydrazone groups is 1. The Morgan fingerprint density at radius 3 is 2.00 bits per heavy atom. The number of nitrogens with one attached hydrogen (secondary N) is 2. The second kappa shape index (κ2) is 14.1. The number of esters is 2. The van der Waals surface area contributed by atoms with Crippen LogP contribution in [0, 0.1) is 6.92 Å². The Morgan fingerprint density at radius 1 is 0.762 bits per heavy atom. The van der Waals surface area contributed by atoms with E-state index < -0.39 is 23.8 Å². The maximum Gasteiger partial charge on any atom is 0.343 e. The molecule has 0 saturated heterocycles. The van der Waals surface area contributed by atoms with Crippen LogP contribution >= 0.6 is 23.2 Å². The van der Waals surface area contributed by atoms with E-state index in [0.717, 1.165) is 5.56 Å². The number of amides is 2. The molecule has 0 aliphatic heterocycles. The summed E-state index contributed by atoms with van der Waals surface area (Å²) in [6, 6.07) is 23.5. The normalized spacial score (nSPS) is 10.6. The fourth-order valence-corrected chi connectivity index (χ4v) is 3.78. The van der Waals surface area contributed by atoms with Crippen molar-refractivity contribution < 1.29 is 28.7 Å². The van der Waals surface area contributed by atoms with Crippen molar-refractivity contribution in [3.05, 3.63) is 129 Å². The lowest BCUT2D eigenvalue weighted by atomic mass is 10.1. The predicted molar refractivity (Wildman–Crippen MR) is 159 cm³/mol. The lowest BCUT2D eigenvalue weighted by molar-refractivity contribution is -0.120. The van der Waals surface area contributed by atoms with Crippen LogP contribution in [0.25, 0.3) is 0 Å². The van der Waals surface area contributed by atoms with Gasteiger partial charge < -0.3 is 14.8 Å². The lowest BCUT2D eigenvalue weighted by Gasteiger charge is -2.11. The van der Waals surface area contributed by atoms with Crippen molar-refractivity contribution in [3.8, 4) is 11.5 Å². The van der Waals surface area contributed by atoms with Crippen LogP contribution in [0.5, 0.6) is 11.5 Å². The Kier molecular flexibility index (Phi) is 10.0. The molecule has 4 rings (SSSR count). The largest absolute Gasteiger partial charge is 0.423 e. The average molecular weight is 604 g/mol. The van der Waals surface area contributed by atoms with Gasteiger partial charge >= 0.3 is 11.9 Å². The van der Waals surface area contributed by atoms with Crippen LogP contribution in [-0.2, 0) is 4.79 Å². The Balaban J connectivity index is 1.46. The fraction of sp³-hybridized carbons (Fsp3) is 0.0645. The molecule has 0 spiro atoms. The maximum atomic E-state index is 12.8. The fourth-order valence-electron chi connectivity index (χ4n) is 3.53. The van der Waals surface area contributed by atoms with E-state index in [0.29, 0.717) is 15.6 Å². The minimum Gasteiger partial charge on any atom is -0.423 e. The molecule has 42 heavy (non-hydrogen) atoms. The van der Waals surface area contributed by atoms with Gasteiger partial charge in [-0.25, -0.2) is 15.0 Å². The summed E-state index contributed by atoms with van der Waals surface area (Å²) in [5.74, 6) is -2.25. The molecule has 212 valence electrons. The van der Waals surface area contributed by atoms with E-state index in [9.17, 15) is 19.2 Å². The molecule has 4 aromatic carbocycles. The molecule has 2 N–H and O–H groups in total. The van der Waals surface area contributed by atoms with E-state index in [-0.39, 0.29) is 34.7 Å². The second-order valence-corrected chi connectivity index (χ2v) is 9.71. The van der Waals surface area contributed by atoms with Crippen molar-refractivity contribution in [2.24, 2.45) is 5.10 Å². The monoisotopic (exact) mass is 603 g/mol. The zero-order valence-electron chi connectivity index (χ0n) is 22.1. The number of benzene rings is 4. The molecule has 0 radical (unpaired) electrons. The van der Waals surface area contributed by atoms with Gasteiger partial charge in [0.05, 0.1) is 23.9 Å². The summed E-state index contributed by atoms with van der Waals surface area (Å²) in [6.07, 6.45) is 1.25. The van der Waals surface area contributed by atoms with Crippen molar-refractivity contribution >= 4 is 53.2 Å². The van der Waals surface area contributed by atoms with E-state index in [1.807, 2.05) is 13.0 Å². The van der Waals surface area contributed by atoms with Gasteiger partial charge in [-0.2, -0.15) is 5.10 Å². The van der Waals surface area contributed by atoms with Gasteiger partial charge in [0.1, 0.15) is 11.5 Å². The van der Waals surface area contributed by atoms with Crippen LogP contribution in [0.1, 0.15) is 42.2 Å². The number of nitrogens with zero attached hydrogens (tertiary/aromatic N) is 1. The summed E-state index contributed by atoms with van der Waals surface area (Å²) in [5.41, 5.74) is 4.42. The predicted octanol–water partition coefficient (Wildman–Crippen LogP) is 5.62. The second-order valence-electron chi connectivity index (χ2n) is 8.84. The smallest absolute Gasteiger partial charge is 0.343 e. The highest BCUT2D eigenvalue weighted by atomic mass is 35.5. The summed E-state index contributed by atoms with van der Waals surface area (Å²) in [4.78, 5) is 49.9. The third-order valence-corrected chi connectivity index (χ3v) is 6.14. The van der Waals surface area contributed by atoms with Gasteiger partial charge in [-0.15, -0.1) is 0 Å². The molecule has 2 amide bonds. The van der Waals surface area contributed by atoms with E-state index in [2.05, 4.69) is 15.8 Å². The summed E-state index contributed by atoms with van der Waals surface area (Å²) < 4.78 is 11.0. The highest BCUT2D eigenvalue weighted by molar-refractivity contribution is 6.31. The van der Waals surface area contributed by atoms with Gasteiger partial charge in [0.25, 0.3) is 11.8 Å². The number of carbonyl (C=O) groups is 4. The molecular formula is C31H23Cl2N3O6. The molecule has 4 aromatic rings. The van der Waals surface area contributed by atoms with Crippen molar-refractivity contribution in [1.29, 1.82) is 0 Å². The van der Waals surface area contributed by atoms with Crippen LogP contribution in [0.15, 0.2) is 96.1 Å². The van der Waals surface area contributed by atoms with E-state index in [4.69, 9.17) is 32.7 Å². The van der Waals surface area contributed by atoms with Gasteiger partial charge in [-0.1, -0.05) is 40.9 Å². The number of hydrogen-bond donors (Lipinski definition) is 2. The molecule has 9 nitrogen and oxygen atoms in total. The number of rotatable bonds is 9. The van der Waals surface area contributed by atoms with Crippen LogP contribution < -0.4 is 20.2 Å². The van der Waals surface area contributed by atoms with Crippen molar-refractivity contribution in [2.75, 3.05) is 6.54 Å². The first kappa shape index (κ1) is 30.0. The van der Waals surface area contributed by atoms with Crippen LogP contribution in [0.3, 0.4) is 0 Å². The first-order valence-corrected chi connectivity index (χ1v) is 13.2. The first-order valence-electron chi connectivity index (χ1n) is 12.4. The molecule has 0 saturated carbocycles. The minimum atomic E-state index is -0.703. The van der Waals surface area contributed by atoms with Crippen LogP contribution in [0.2, 0.25) is 10.0 Å². The Hall–Kier alpha value is -4.99. The summed E-state index contributed by atoms with van der Waals surface area (Å²) >= 11 is 11.8. The van der Waals surface area contributed by atoms with Crippen LogP contribution in [0.4, 0.5) is 0 Å². The molecule has 0 atom stereocenters. The molecule has 0 aliphatic rings.